The second-order valence-corrected chi connectivity index (χ2v) is 12.1. The average molecular weight is 546 g/mol. The van der Waals surface area contributed by atoms with E-state index < -0.39 is 28.9 Å². The molecule has 2 amide bonds. The zero-order chi connectivity index (χ0) is 30.0. The van der Waals surface area contributed by atoms with E-state index in [-0.39, 0.29) is 37.0 Å². The molecule has 0 saturated heterocycles. The maximum atomic E-state index is 13.9. The third-order valence-corrected chi connectivity index (χ3v) is 6.98. The second-order valence-electron chi connectivity index (χ2n) is 12.1. The van der Waals surface area contributed by atoms with Crippen LogP contribution in [0.5, 0.6) is 0 Å². The van der Waals surface area contributed by atoms with Crippen molar-refractivity contribution in [3.63, 3.8) is 0 Å². The molecule has 1 aromatic rings. The zero-order valence-electron chi connectivity index (χ0n) is 25.9. The summed E-state index contributed by atoms with van der Waals surface area (Å²) >= 11 is 0. The summed E-state index contributed by atoms with van der Waals surface area (Å²) < 4.78 is 10.4. The minimum Gasteiger partial charge on any atom is -0.464 e. The Hall–Kier alpha value is -2.71. The van der Waals surface area contributed by atoms with Crippen LogP contribution >= 0.6 is 0 Å². The Morgan fingerprint density at radius 2 is 1.59 bits per heavy atom. The number of carbonyl (C=O) groups is 3. The van der Waals surface area contributed by atoms with Crippen LogP contribution in [0.1, 0.15) is 67.9 Å². The minimum absolute atomic E-state index is 0.109. The minimum atomic E-state index is -0.743. The van der Waals surface area contributed by atoms with Crippen LogP contribution in [0.3, 0.4) is 0 Å². The number of amides is 2. The van der Waals surface area contributed by atoms with Crippen LogP contribution in [-0.2, 0) is 29.3 Å². The topological polar surface area (TPSA) is 97.0 Å². The van der Waals surface area contributed by atoms with E-state index in [1.807, 2.05) is 91.8 Å². The van der Waals surface area contributed by atoms with E-state index in [1.54, 1.807) is 25.9 Å². The largest absolute Gasteiger partial charge is 0.464 e. The fourth-order valence-corrected chi connectivity index (χ4v) is 4.67. The number of ether oxygens (including phenoxy) is 2. The highest BCUT2D eigenvalue weighted by Gasteiger charge is 2.41. The van der Waals surface area contributed by atoms with Gasteiger partial charge in [-0.2, -0.15) is 0 Å². The Morgan fingerprint density at radius 1 is 1.00 bits per heavy atom. The summed E-state index contributed by atoms with van der Waals surface area (Å²) in [6.07, 6.45) is 1.99. The lowest BCUT2D eigenvalue weighted by Gasteiger charge is -2.40. The number of hydrogen-bond donors (Lipinski definition) is 2. The average Bonchev–Trinajstić information content (AvgIpc) is 2.85. The molecule has 8 nitrogen and oxygen atoms in total. The van der Waals surface area contributed by atoms with E-state index in [1.165, 1.54) is 0 Å². The maximum Gasteiger partial charge on any atom is 0.332 e. The molecule has 1 unspecified atom stereocenters. The van der Waals surface area contributed by atoms with Crippen molar-refractivity contribution in [3.05, 3.63) is 47.5 Å². The Labute approximate surface area is 235 Å². The van der Waals surface area contributed by atoms with Gasteiger partial charge < -0.3 is 25.0 Å². The number of hydrogen-bond acceptors (Lipinski definition) is 6. The first-order valence-electron chi connectivity index (χ1n) is 13.8. The zero-order valence-corrected chi connectivity index (χ0v) is 25.9. The molecular weight excluding hydrogens is 494 g/mol. The second kappa shape index (κ2) is 15.2. The smallest absolute Gasteiger partial charge is 0.332 e. The van der Waals surface area contributed by atoms with E-state index in [0.717, 1.165) is 11.1 Å². The molecule has 0 spiro atoms. The first-order chi connectivity index (χ1) is 18.1. The molecule has 1 rings (SSSR count). The van der Waals surface area contributed by atoms with E-state index >= 15 is 0 Å². The predicted octanol–water partition coefficient (Wildman–Crippen LogP) is 4.09. The van der Waals surface area contributed by atoms with Gasteiger partial charge in [-0.15, -0.1) is 0 Å². The number of nitrogens with zero attached hydrogens (tertiary/aromatic N) is 1. The first-order valence-corrected chi connectivity index (χ1v) is 13.8. The van der Waals surface area contributed by atoms with Crippen molar-refractivity contribution in [2.24, 2.45) is 11.3 Å². The molecule has 0 radical (unpaired) electrons. The maximum absolute atomic E-state index is 13.9. The lowest BCUT2D eigenvalue weighted by Crippen LogP contribution is -2.61. The van der Waals surface area contributed by atoms with Gasteiger partial charge in [-0.05, 0) is 43.4 Å². The van der Waals surface area contributed by atoms with Crippen molar-refractivity contribution in [2.75, 3.05) is 33.9 Å². The molecule has 0 aromatic heterocycles. The summed E-state index contributed by atoms with van der Waals surface area (Å²) in [5.41, 5.74) is 0.885. The Bertz CT molecular complexity index is 966. The number of esters is 1. The summed E-state index contributed by atoms with van der Waals surface area (Å²) in [5.74, 6) is -0.693. The molecule has 0 bridgehead atoms. The number of likely N-dealkylation sites (N-methyl/N-ethyl adjacent to an activating group) is 2. The lowest BCUT2D eigenvalue weighted by molar-refractivity contribution is -0.148. The number of nitrogens with one attached hydrogen (secondary N) is 2. The first kappa shape index (κ1) is 34.3. The highest BCUT2D eigenvalue weighted by molar-refractivity contribution is 5.91. The van der Waals surface area contributed by atoms with Crippen molar-refractivity contribution < 1.29 is 23.9 Å². The molecule has 1 aromatic carbocycles. The number of benzene rings is 1. The molecule has 220 valence electrons. The fourth-order valence-electron chi connectivity index (χ4n) is 4.67. The van der Waals surface area contributed by atoms with Gasteiger partial charge in [0.05, 0.1) is 25.3 Å². The van der Waals surface area contributed by atoms with E-state index in [4.69, 9.17) is 9.47 Å². The van der Waals surface area contributed by atoms with Crippen molar-refractivity contribution in [3.8, 4) is 0 Å². The molecule has 3 atom stereocenters. The number of carbonyl (C=O) groups excluding carboxylic acids is 3. The summed E-state index contributed by atoms with van der Waals surface area (Å²) in [7, 11) is 3.53. The Kier molecular flexibility index (Phi) is 13.4. The molecule has 8 heteroatoms. The lowest BCUT2D eigenvalue weighted by atomic mass is 9.76. The molecule has 0 heterocycles. The molecule has 2 N–H and O–H groups in total. The quantitative estimate of drug-likeness (QED) is 0.270. The highest BCUT2D eigenvalue weighted by Crippen LogP contribution is 2.29. The Morgan fingerprint density at radius 3 is 2.08 bits per heavy atom. The van der Waals surface area contributed by atoms with Crippen LogP contribution in [0.25, 0.3) is 0 Å². The molecule has 0 aliphatic heterocycles. The third-order valence-electron chi connectivity index (χ3n) is 6.98. The summed E-state index contributed by atoms with van der Waals surface area (Å²) in [4.78, 5) is 40.9. The molecule has 0 saturated carbocycles. The van der Waals surface area contributed by atoms with Gasteiger partial charge in [-0.1, -0.05) is 84.9 Å². The van der Waals surface area contributed by atoms with Crippen LogP contribution in [0, 0.1) is 11.3 Å². The summed E-state index contributed by atoms with van der Waals surface area (Å²) in [5, 5.41) is 6.26. The monoisotopic (exact) mass is 545 g/mol. The van der Waals surface area contributed by atoms with Gasteiger partial charge in [-0.25, -0.2) is 4.79 Å². The van der Waals surface area contributed by atoms with Gasteiger partial charge in [0, 0.05) is 12.5 Å². The van der Waals surface area contributed by atoms with Crippen molar-refractivity contribution in [2.45, 2.75) is 85.9 Å². The van der Waals surface area contributed by atoms with Crippen molar-refractivity contribution in [1.29, 1.82) is 0 Å². The van der Waals surface area contributed by atoms with Gasteiger partial charge in [-0.3, -0.25) is 9.59 Å². The highest BCUT2D eigenvalue weighted by atomic mass is 16.6. The van der Waals surface area contributed by atoms with Crippen molar-refractivity contribution >= 4 is 17.8 Å². The normalized spacial score (nSPS) is 14.9. The van der Waals surface area contributed by atoms with Crippen molar-refractivity contribution in [1.82, 2.24) is 15.5 Å². The number of rotatable bonds is 14. The fraction of sp³-hybridized carbons (Fsp3) is 0.645. The van der Waals surface area contributed by atoms with Gasteiger partial charge >= 0.3 is 5.97 Å². The van der Waals surface area contributed by atoms with E-state index in [9.17, 15) is 14.4 Å². The summed E-state index contributed by atoms with van der Waals surface area (Å²) in [6.45, 7) is 18.1. The molecular formula is C31H51N3O5. The SMILES string of the molecule is CCOC(=O)COC/C(C)=C/[C@H](C(C)C)N(C)C(=O)C(NC(=O)[C@@H](NC)C(C)(C)c1ccccc1)C(C)(C)C. The molecule has 0 fully saturated rings. The standard InChI is InChI=1S/C31H51N3O5/c1-12-39-25(35)20-38-19-22(4)18-24(21(2)3)34(11)29(37)27(30(5,6)7)33-28(36)26(32-10)31(8,9)23-16-14-13-15-17-23/h13-18,21,24,26-27,32H,12,19-20H2,1-11H3,(H,33,36)/b22-18+/t24-,26-,27?/m1/s1. The van der Waals surface area contributed by atoms with Crippen LogP contribution in [0.2, 0.25) is 0 Å². The Balaban J connectivity index is 3.14. The van der Waals surface area contributed by atoms with Gasteiger partial charge in [0.15, 0.2) is 0 Å². The van der Waals surface area contributed by atoms with Crippen LogP contribution < -0.4 is 10.6 Å². The van der Waals surface area contributed by atoms with Gasteiger partial charge in [0.25, 0.3) is 0 Å². The van der Waals surface area contributed by atoms with E-state index in [2.05, 4.69) is 10.6 Å². The predicted molar refractivity (Wildman–Crippen MR) is 156 cm³/mol. The van der Waals surface area contributed by atoms with Crippen LogP contribution in [-0.4, -0.2) is 74.7 Å². The molecule has 39 heavy (non-hydrogen) atoms. The molecule has 0 aliphatic rings. The van der Waals surface area contributed by atoms with E-state index in [0.29, 0.717) is 6.61 Å². The van der Waals surface area contributed by atoms with Gasteiger partial charge in [0.1, 0.15) is 12.6 Å². The molecule has 0 aliphatic carbocycles. The van der Waals surface area contributed by atoms with Crippen LogP contribution in [0.4, 0.5) is 0 Å². The summed E-state index contributed by atoms with van der Waals surface area (Å²) in [6, 6.07) is 8.36. The van der Waals surface area contributed by atoms with Gasteiger partial charge in [0.2, 0.25) is 11.8 Å². The van der Waals surface area contributed by atoms with Crippen LogP contribution in [0.15, 0.2) is 42.0 Å². The third kappa shape index (κ3) is 10.1.